The average molecular weight is 999 g/mol. The van der Waals surface area contributed by atoms with Gasteiger partial charge in [-0.25, -0.2) is 0 Å². The summed E-state index contributed by atoms with van der Waals surface area (Å²) < 4.78 is 0. The number of aromatic nitrogens is 2. The molecule has 0 saturated heterocycles. The van der Waals surface area contributed by atoms with Crippen molar-refractivity contribution in [3.8, 4) is 72.9 Å². The van der Waals surface area contributed by atoms with E-state index in [2.05, 4.69) is 211 Å². The first-order valence-corrected chi connectivity index (χ1v) is 21.9. The summed E-state index contributed by atoms with van der Waals surface area (Å²) in [5.41, 5.74) is 17.1. The first-order chi connectivity index (χ1) is 28.7. The van der Waals surface area contributed by atoms with Gasteiger partial charge in [0, 0.05) is 49.8 Å². The van der Waals surface area contributed by atoms with Gasteiger partial charge in [-0.3, -0.25) is 9.97 Å². The maximum Gasteiger partial charge on any atom is 0.128 e. The van der Waals surface area contributed by atoms with Crippen molar-refractivity contribution >= 4 is 0 Å². The average Bonchev–Trinajstić information content (AvgIpc) is 3.22. The van der Waals surface area contributed by atoms with E-state index in [9.17, 15) is 5.11 Å². The van der Waals surface area contributed by atoms with Crippen LogP contribution in [-0.2, 0) is 37.3 Å². The van der Waals surface area contributed by atoms with Crippen LogP contribution in [0.25, 0.3) is 67.2 Å². The number of benzene rings is 5. The molecule has 0 bridgehead atoms. The van der Waals surface area contributed by atoms with Crippen LogP contribution < -0.4 is 0 Å². The maximum absolute atomic E-state index is 12.3. The van der Waals surface area contributed by atoms with Gasteiger partial charge in [-0.05, 0) is 96.4 Å². The summed E-state index contributed by atoms with van der Waals surface area (Å²) in [4.78, 5) is 10.4. The Labute approximate surface area is 386 Å². The summed E-state index contributed by atoms with van der Waals surface area (Å²) in [6.07, 6.45) is 1.89. The van der Waals surface area contributed by atoms with Gasteiger partial charge in [-0.1, -0.05) is 192 Å². The van der Waals surface area contributed by atoms with Gasteiger partial charge in [0.2, 0.25) is 0 Å². The second-order valence-electron chi connectivity index (χ2n) is 20.5. The van der Waals surface area contributed by atoms with Gasteiger partial charge in [0.1, 0.15) is 5.75 Å². The van der Waals surface area contributed by atoms with Gasteiger partial charge >= 0.3 is 0 Å². The number of pyridine rings is 2. The number of nitrogens with zero attached hydrogens (tertiary/aromatic N) is 2. The summed E-state index contributed by atoms with van der Waals surface area (Å²) in [7, 11) is 0. The van der Waals surface area contributed by atoms with Gasteiger partial charge in [0.25, 0.3) is 0 Å². The molecule has 0 saturated carbocycles. The molecule has 0 unspecified atom stereocenters. The van der Waals surface area contributed by atoms with E-state index in [1.54, 1.807) is 0 Å². The molecular weight excluding hydrogens is 936 g/mol. The monoisotopic (exact) mass is 998 g/mol. The van der Waals surface area contributed by atoms with Crippen LogP contribution in [0.1, 0.15) is 130 Å². The predicted molar refractivity (Wildman–Crippen MR) is 259 cm³/mol. The summed E-state index contributed by atoms with van der Waals surface area (Å²) in [5, 5.41) is 12.3. The summed E-state index contributed by atoms with van der Waals surface area (Å²) in [5.74, 6) is 0.761. The van der Waals surface area contributed by atoms with Crippen LogP contribution in [-0.4, -0.2) is 15.1 Å². The third kappa shape index (κ3) is 9.90. The fraction of sp³-hybridized carbons (Fsp3) is 0.310. The Morgan fingerprint density at radius 3 is 1.48 bits per heavy atom. The van der Waals surface area contributed by atoms with Crippen LogP contribution >= 0.6 is 0 Å². The van der Waals surface area contributed by atoms with Gasteiger partial charge in [-0.15, -0.1) is 23.8 Å². The molecule has 1 N–H and O–H groups in total. The number of phenols is 1. The first-order valence-electron chi connectivity index (χ1n) is 21.9. The Kier molecular flexibility index (Phi) is 13.4. The van der Waals surface area contributed by atoms with Crippen molar-refractivity contribution in [1.82, 2.24) is 9.97 Å². The second kappa shape index (κ2) is 17.9. The van der Waals surface area contributed by atoms with E-state index in [0.29, 0.717) is 0 Å². The van der Waals surface area contributed by atoms with Gasteiger partial charge in [-0.2, -0.15) is 0 Å². The smallest absolute Gasteiger partial charge is 0.128 e. The zero-order valence-corrected chi connectivity index (χ0v) is 41.2. The van der Waals surface area contributed by atoms with Crippen LogP contribution in [0.15, 0.2) is 128 Å². The Balaban J connectivity index is 0.00000641. The predicted octanol–water partition coefficient (Wildman–Crippen LogP) is 16.1. The number of hydrogen-bond acceptors (Lipinski definition) is 3. The van der Waals surface area contributed by atoms with E-state index in [4.69, 9.17) is 9.97 Å². The van der Waals surface area contributed by atoms with Crippen molar-refractivity contribution in [3.63, 3.8) is 0 Å². The Hall–Kier alpha value is -5.11. The fourth-order valence-corrected chi connectivity index (χ4v) is 8.18. The minimum Gasteiger partial charge on any atom is -0.507 e. The van der Waals surface area contributed by atoms with Crippen LogP contribution in [0.2, 0.25) is 0 Å². The second-order valence-corrected chi connectivity index (χ2v) is 20.5. The zero-order valence-electron chi connectivity index (χ0n) is 38.9. The minimum atomic E-state index is -0.297. The number of aromatic hydroxyl groups is 1. The third-order valence-corrected chi connectivity index (χ3v) is 11.9. The maximum atomic E-state index is 12.3. The minimum absolute atomic E-state index is 0. The molecule has 322 valence electrons. The molecule has 3 nitrogen and oxygen atoms in total. The largest absolute Gasteiger partial charge is 0.507 e. The molecule has 0 fully saturated rings. The van der Waals surface area contributed by atoms with Gasteiger partial charge in [0.05, 0.1) is 5.69 Å². The standard InChI is InChI=1S/C58H63N2O.Pt/c1-36(2)47-29-41(39-22-18-15-19-23-39)30-48(37(3)4)54(47)44-32-52(60-53(33-44)49-34-46(57(8,9)10)35-50(55(49)61)58(11,12)13)43-26-42(27-45(28-43)56(5,6)7)51-31-40(24-25-59-51)38-20-16-14-17-21-38;/h14-25,27-37,61H,1-13H3;/q-1;. The molecule has 2 heterocycles. The van der Waals surface area contributed by atoms with E-state index < -0.39 is 0 Å². The van der Waals surface area contributed by atoms with Crippen molar-refractivity contribution in [2.75, 3.05) is 0 Å². The summed E-state index contributed by atoms with van der Waals surface area (Å²) in [6, 6.07) is 47.3. The normalized spacial score (nSPS) is 12.2. The molecule has 0 amide bonds. The van der Waals surface area contributed by atoms with Crippen molar-refractivity contribution < 1.29 is 26.2 Å². The molecule has 4 heteroatoms. The summed E-state index contributed by atoms with van der Waals surface area (Å²) >= 11 is 0. The molecule has 0 aliphatic carbocycles. The molecule has 7 aromatic rings. The fourth-order valence-electron chi connectivity index (χ4n) is 8.18. The quantitative estimate of drug-likeness (QED) is 0.154. The van der Waals surface area contributed by atoms with Crippen molar-refractivity contribution in [1.29, 1.82) is 0 Å². The Bertz CT molecular complexity index is 2660. The summed E-state index contributed by atoms with van der Waals surface area (Å²) in [6.45, 7) is 29.1. The van der Waals surface area contributed by atoms with Crippen molar-refractivity contribution in [2.24, 2.45) is 0 Å². The van der Waals surface area contributed by atoms with Crippen molar-refractivity contribution in [3.05, 3.63) is 161 Å². The SMILES string of the molecule is CC(C)c1cc(-c2ccccc2)cc(C(C)C)c1-c1cc(-c2[c-]c(-c3cc(-c4ccccc4)ccn3)cc(C(C)(C)C)c2)nc(-c2cc(C(C)(C)C)cc(C(C)(C)C)c2O)c1.[Pt]. The van der Waals surface area contributed by atoms with E-state index >= 15 is 0 Å². The molecule has 0 aliphatic rings. The molecule has 0 radical (unpaired) electrons. The molecule has 0 spiro atoms. The Morgan fingerprint density at radius 2 is 0.968 bits per heavy atom. The van der Waals surface area contributed by atoms with Gasteiger partial charge in [0.15, 0.2) is 0 Å². The molecule has 62 heavy (non-hydrogen) atoms. The molecule has 0 aliphatic heterocycles. The van der Waals surface area contributed by atoms with E-state index in [0.717, 1.165) is 61.6 Å². The third-order valence-electron chi connectivity index (χ3n) is 11.9. The van der Waals surface area contributed by atoms with Crippen LogP contribution in [0.4, 0.5) is 0 Å². The number of hydrogen-bond donors (Lipinski definition) is 1. The molecule has 5 aromatic carbocycles. The first kappa shape index (κ1) is 46.4. The molecule has 2 aromatic heterocycles. The van der Waals surface area contributed by atoms with E-state index in [-0.39, 0.29) is 54.9 Å². The number of rotatable bonds is 8. The number of phenolic OH excluding ortho intramolecular Hbond substituents is 1. The zero-order chi connectivity index (χ0) is 44.0. The van der Waals surface area contributed by atoms with E-state index in [1.807, 2.05) is 12.3 Å². The van der Waals surface area contributed by atoms with Crippen LogP contribution in [0.3, 0.4) is 0 Å². The topological polar surface area (TPSA) is 46.0 Å². The van der Waals surface area contributed by atoms with Crippen LogP contribution in [0.5, 0.6) is 5.75 Å². The van der Waals surface area contributed by atoms with Crippen molar-refractivity contribution in [2.45, 2.75) is 118 Å². The molecule has 7 rings (SSSR count). The van der Waals surface area contributed by atoms with Crippen LogP contribution in [0, 0.1) is 6.07 Å². The van der Waals surface area contributed by atoms with E-state index in [1.165, 1.54) is 33.4 Å². The Morgan fingerprint density at radius 1 is 0.484 bits per heavy atom. The molecular formula is C58H63N2OPt-. The molecule has 0 atom stereocenters. The van der Waals surface area contributed by atoms with Gasteiger partial charge < -0.3 is 5.11 Å².